The maximum atomic E-state index is 12.5. The van der Waals surface area contributed by atoms with Gasteiger partial charge in [0.1, 0.15) is 6.04 Å². The number of hydrogen-bond donors (Lipinski definition) is 1. The Kier molecular flexibility index (Phi) is 5.85. The molecule has 1 atom stereocenters. The maximum Gasteiger partial charge on any atom is 0.244 e. The number of nitrogens with zero attached hydrogens (tertiary/aromatic N) is 3. The first-order valence-electron chi connectivity index (χ1n) is 6.58. The number of hydrogen-bond acceptors (Lipinski definition) is 3. The van der Waals surface area contributed by atoms with Crippen molar-refractivity contribution < 1.29 is 4.79 Å². The number of carbonyl (C=O) groups is 1. The minimum Gasteiger partial charge on any atom is -0.341 e. The van der Waals surface area contributed by atoms with Crippen molar-refractivity contribution in [2.75, 3.05) is 20.1 Å². The molecule has 0 saturated carbocycles. The largest absolute Gasteiger partial charge is 0.341 e. The molecule has 5 nitrogen and oxygen atoms in total. The van der Waals surface area contributed by atoms with E-state index in [1.165, 1.54) is 0 Å². The van der Waals surface area contributed by atoms with Crippen LogP contribution in [0.3, 0.4) is 0 Å². The predicted molar refractivity (Wildman–Crippen MR) is 72.2 cm³/mol. The summed E-state index contributed by atoms with van der Waals surface area (Å²) >= 11 is 0. The molecular weight excluding hydrogens is 228 g/mol. The van der Waals surface area contributed by atoms with E-state index in [0.29, 0.717) is 0 Å². The van der Waals surface area contributed by atoms with E-state index in [0.717, 1.165) is 31.5 Å². The van der Waals surface area contributed by atoms with Crippen LogP contribution in [0.15, 0.2) is 12.4 Å². The third kappa shape index (κ3) is 3.57. The molecule has 0 spiro atoms. The Morgan fingerprint density at radius 3 is 2.44 bits per heavy atom. The Labute approximate surface area is 109 Å². The van der Waals surface area contributed by atoms with Gasteiger partial charge in [0.2, 0.25) is 5.91 Å². The van der Waals surface area contributed by atoms with Crippen LogP contribution in [0.4, 0.5) is 0 Å². The fourth-order valence-corrected chi connectivity index (χ4v) is 2.08. The van der Waals surface area contributed by atoms with Crippen LogP contribution in [-0.2, 0) is 11.8 Å². The minimum absolute atomic E-state index is 0.134. The molecule has 1 aromatic heterocycles. The van der Waals surface area contributed by atoms with Gasteiger partial charge in [-0.25, -0.2) is 0 Å². The van der Waals surface area contributed by atoms with E-state index in [2.05, 4.69) is 24.3 Å². The molecule has 0 saturated heterocycles. The van der Waals surface area contributed by atoms with Crippen LogP contribution in [0.25, 0.3) is 0 Å². The third-order valence-corrected chi connectivity index (χ3v) is 2.89. The molecular formula is C13H24N4O. The van der Waals surface area contributed by atoms with Gasteiger partial charge >= 0.3 is 0 Å². The summed E-state index contributed by atoms with van der Waals surface area (Å²) < 4.78 is 1.72. The highest BCUT2D eigenvalue weighted by Gasteiger charge is 2.24. The summed E-state index contributed by atoms with van der Waals surface area (Å²) in [6.45, 7) is 5.80. The number of nitrogens with one attached hydrogen (secondary N) is 1. The third-order valence-electron chi connectivity index (χ3n) is 2.89. The Hall–Kier alpha value is -1.36. The van der Waals surface area contributed by atoms with Gasteiger partial charge in [-0.2, -0.15) is 5.10 Å². The van der Waals surface area contributed by atoms with E-state index in [1.807, 2.05) is 25.2 Å². The summed E-state index contributed by atoms with van der Waals surface area (Å²) in [7, 11) is 3.67. The average Bonchev–Trinajstić information content (AvgIpc) is 2.76. The molecule has 1 unspecified atom stereocenters. The SMILES string of the molecule is CCCN(CCC)C(=O)C(NC)c1cnn(C)c1. The van der Waals surface area contributed by atoms with E-state index >= 15 is 0 Å². The van der Waals surface area contributed by atoms with Gasteiger partial charge in [0.15, 0.2) is 0 Å². The number of likely N-dealkylation sites (N-methyl/N-ethyl adjacent to an activating group) is 1. The van der Waals surface area contributed by atoms with Gasteiger partial charge in [0, 0.05) is 31.9 Å². The van der Waals surface area contributed by atoms with E-state index in [9.17, 15) is 4.79 Å². The Bertz CT molecular complexity index is 369. The second-order valence-corrected chi connectivity index (χ2v) is 4.49. The van der Waals surface area contributed by atoms with Crippen molar-refractivity contribution in [3.05, 3.63) is 18.0 Å². The van der Waals surface area contributed by atoms with Crippen LogP contribution in [0, 0.1) is 0 Å². The lowest BCUT2D eigenvalue weighted by molar-refractivity contribution is -0.133. The predicted octanol–water partition coefficient (Wildman–Crippen LogP) is 1.33. The molecule has 1 rings (SSSR count). The lowest BCUT2D eigenvalue weighted by atomic mass is 10.1. The van der Waals surface area contributed by atoms with Gasteiger partial charge in [-0.3, -0.25) is 9.48 Å². The second-order valence-electron chi connectivity index (χ2n) is 4.49. The monoisotopic (exact) mass is 252 g/mol. The van der Waals surface area contributed by atoms with E-state index < -0.39 is 0 Å². The molecule has 0 radical (unpaired) electrons. The minimum atomic E-state index is -0.295. The van der Waals surface area contributed by atoms with Crippen LogP contribution < -0.4 is 5.32 Å². The topological polar surface area (TPSA) is 50.2 Å². The highest BCUT2D eigenvalue weighted by Crippen LogP contribution is 2.15. The van der Waals surface area contributed by atoms with Crippen molar-refractivity contribution in [1.29, 1.82) is 0 Å². The van der Waals surface area contributed by atoms with Crippen molar-refractivity contribution in [3.63, 3.8) is 0 Å². The molecule has 0 aliphatic heterocycles. The van der Waals surface area contributed by atoms with Gasteiger partial charge in [-0.15, -0.1) is 0 Å². The molecule has 0 bridgehead atoms. The normalized spacial score (nSPS) is 12.4. The van der Waals surface area contributed by atoms with Gasteiger partial charge in [0.25, 0.3) is 0 Å². The first-order valence-corrected chi connectivity index (χ1v) is 6.58. The standard InChI is InChI=1S/C13H24N4O/c1-5-7-17(8-6-2)13(18)12(14-3)11-9-15-16(4)10-11/h9-10,12,14H,5-8H2,1-4H3. The number of aryl methyl sites for hydroxylation is 1. The molecule has 18 heavy (non-hydrogen) atoms. The summed E-state index contributed by atoms with van der Waals surface area (Å²) in [5, 5.41) is 7.21. The lowest BCUT2D eigenvalue weighted by Gasteiger charge is -2.26. The molecule has 0 fully saturated rings. The smallest absolute Gasteiger partial charge is 0.244 e. The summed E-state index contributed by atoms with van der Waals surface area (Å²) in [6.07, 6.45) is 5.59. The Morgan fingerprint density at radius 1 is 1.44 bits per heavy atom. The van der Waals surface area contributed by atoms with Crippen molar-refractivity contribution in [3.8, 4) is 0 Å². The Morgan fingerprint density at radius 2 is 2.06 bits per heavy atom. The van der Waals surface area contributed by atoms with E-state index in [-0.39, 0.29) is 11.9 Å². The van der Waals surface area contributed by atoms with Crippen LogP contribution >= 0.6 is 0 Å². The van der Waals surface area contributed by atoms with Gasteiger partial charge < -0.3 is 10.2 Å². The fraction of sp³-hybridized carbons (Fsp3) is 0.692. The van der Waals surface area contributed by atoms with Crippen LogP contribution in [-0.4, -0.2) is 40.7 Å². The van der Waals surface area contributed by atoms with Gasteiger partial charge in [-0.05, 0) is 19.9 Å². The van der Waals surface area contributed by atoms with Gasteiger partial charge in [0.05, 0.1) is 6.20 Å². The quantitative estimate of drug-likeness (QED) is 0.796. The van der Waals surface area contributed by atoms with Crippen molar-refractivity contribution in [1.82, 2.24) is 20.0 Å². The molecule has 1 aromatic rings. The number of carbonyl (C=O) groups excluding carboxylic acids is 1. The summed E-state index contributed by atoms with van der Waals surface area (Å²) in [5.74, 6) is 0.134. The zero-order valence-corrected chi connectivity index (χ0v) is 11.8. The highest BCUT2D eigenvalue weighted by atomic mass is 16.2. The number of amides is 1. The molecule has 1 heterocycles. The highest BCUT2D eigenvalue weighted by molar-refractivity contribution is 5.83. The lowest BCUT2D eigenvalue weighted by Crippen LogP contribution is -2.40. The fourth-order valence-electron chi connectivity index (χ4n) is 2.08. The number of aromatic nitrogens is 2. The molecule has 0 aliphatic carbocycles. The summed E-state index contributed by atoms with van der Waals surface area (Å²) in [5.41, 5.74) is 0.919. The molecule has 1 N–H and O–H groups in total. The molecule has 0 aliphatic rings. The van der Waals surface area contributed by atoms with Crippen molar-refractivity contribution in [2.45, 2.75) is 32.7 Å². The van der Waals surface area contributed by atoms with Crippen LogP contribution in [0.1, 0.15) is 38.3 Å². The van der Waals surface area contributed by atoms with Gasteiger partial charge in [-0.1, -0.05) is 13.8 Å². The first kappa shape index (κ1) is 14.7. The zero-order valence-electron chi connectivity index (χ0n) is 11.8. The van der Waals surface area contributed by atoms with Crippen LogP contribution in [0.2, 0.25) is 0 Å². The summed E-state index contributed by atoms with van der Waals surface area (Å²) in [4.78, 5) is 14.4. The zero-order chi connectivity index (χ0) is 13.5. The summed E-state index contributed by atoms with van der Waals surface area (Å²) in [6, 6.07) is -0.295. The first-order chi connectivity index (χ1) is 8.63. The maximum absolute atomic E-state index is 12.5. The van der Waals surface area contributed by atoms with E-state index in [1.54, 1.807) is 10.9 Å². The van der Waals surface area contributed by atoms with Crippen molar-refractivity contribution >= 4 is 5.91 Å². The molecule has 5 heteroatoms. The second kappa shape index (κ2) is 7.16. The number of rotatable bonds is 7. The van der Waals surface area contributed by atoms with E-state index in [4.69, 9.17) is 0 Å². The molecule has 102 valence electrons. The molecule has 1 amide bonds. The Balaban J connectivity index is 2.82. The average molecular weight is 252 g/mol. The van der Waals surface area contributed by atoms with Crippen molar-refractivity contribution in [2.24, 2.45) is 7.05 Å². The van der Waals surface area contributed by atoms with Crippen LogP contribution in [0.5, 0.6) is 0 Å². The molecule has 0 aromatic carbocycles.